The van der Waals surface area contributed by atoms with Crippen LogP contribution in [0.25, 0.3) is 0 Å². The fraction of sp³-hybridized carbons (Fsp3) is 1.00. The molecular weight excluding hydrogens is 136 g/mol. The summed E-state index contributed by atoms with van der Waals surface area (Å²) in [6, 6.07) is 0. The van der Waals surface area contributed by atoms with E-state index in [9.17, 15) is 5.11 Å². The second-order valence-electron chi connectivity index (χ2n) is 4.43. The van der Waals surface area contributed by atoms with Crippen molar-refractivity contribution in [3.63, 3.8) is 0 Å². The summed E-state index contributed by atoms with van der Waals surface area (Å²) in [5.41, 5.74) is -0.231. The molecule has 0 atom stereocenters. The average Bonchev–Trinajstić information content (AvgIpc) is 2.29. The van der Waals surface area contributed by atoms with Crippen LogP contribution in [0.4, 0.5) is 0 Å². The summed E-state index contributed by atoms with van der Waals surface area (Å²) in [4.78, 5) is 0. The number of hydrogen-bond donors (Lipinski definition) is 1. The first-order chi connectivity index (χ1) is 5.29. The van der Waals surface area contributed by atoms with Gasteiger partial charge in [0.15, 0.2) is 0 Å². The van der Waals surface area contributed by atoms with Crippen molar-refractivity contribution < 1.29 is 5.11 Å². The maximum Gasteiger partial charge on any atom is 0.0650 e. The normalized spacial score (nSPS) is 30.3. The van der Waals surface area contributed by atoms with Gasteiger partial charge in [-0.25, -0.2) is 0 Å². The lowest BCUT2D eigenvalue weighted by molar-refractivity contribution is 0.00946. The fourth-order valence-corrected chi connectivity index (χ4v) is 2.47. The lowest BCUT2D eigenvalue weighted by atomic mass is 9.77. The molecule has 11 heavy (non-hydrogen) atoms. The van der Waals surface area contributed by atoms with E-state index < -0.39 is 0 Å². The van der Waals surface area contributed by atoms with Gasteiger partial charge in [0.05, 0.1) is 5.60 Å². The summed E-state index contributed by atoms with van der Waals surface area (Å²) in [6.45, 7) is 0. The molecule has 1 nitrogen and oxygen atoms in total. The van der Waals surface area contributed by atoms with E-state index in [0.717, 1.165) is 25.2 Å². The van der Waals surface area contributed by atoms with Gasteiger partial charge >= 0.3 is 0 Å². The molecule has 0 radical (unpaired) electrons. The maximum atomic E-state index is 10.0. The zero-order chi connectivity index (χ0) is 7.73. The minimum Gasteiger partial charge on any atom is -0.390 e. The zero-order valence-corrected chi connectivity index (χ0v) is 7.18. The van der Waals surface area contributed by atoms with Crippen molar-refractivity contribution >= 4 is 0 Å². The first kappa shape index (κ1) is 7.60. The Hall–Kier alpha value is -0.0400. The smallest absolute Gasteiger partial charge is 0.0650 e. The number of rotatable bonds is 2. The quantitative estimate of drug-likeness (QED) is 0.648. The van der Waals surface area contributed by atoms with E-state index in [-0.39, 0.29) is 5.60 Å². The predicted molar refractivity (Wildman–Crippen MR) is 45.4 cm³/mol. The first-order valence-electron chi connectivity index (χ1n) is 5.01. The Morgan fingerprint density at radius 2 is 1.73 bits per heavy atom. The molecule has 0 aromatic heterocycles. The lowest BCUT2D eigenvalue weighted by Gasteiger charge is -2.33. The standard InChI is InChI=1S/C10H18O/c11-10(6-1-2-7-10)8-9-4-3-5-9/h9,11H,1-8H2. The summed E-state index contributed by atoms with van der Waals surface area (Å²) in [5.74, 6) is 0.873. The summed E-state index contributed by atoms with van der Waals surface area (Å²) in [6.07, 6.45) is 9.91. The van der Waals surface area contributed by atoms with Crippen molar-refractivity contribution in [2.75, 3.05) is 0 Å². The van der Waals surface area contributed by atoms with Crippen LogP contribution in [0.3, 0.4) is 0 Å². The van der Waals surface area contributed by atoms with Crippen LogP contribution in [0.2, 0.25) is 0 Å². The van der Waals surface area contributed by atoms with Gasteiger partial charge in [0, 0.05) is 0 Å². The summed E-state index contributed by atoms with van der Waals surface area (Å²) in [5, 5.41) is 10.0. The Bertz CT molecular complexity index is 132. The fourth-order valence-electron chi connectivity index (χ4n) is 2.47. The molecule has 2 saturated carbocycles. The minimum atomic E-state index is -0.231. The van der Waals surface area contributed by atoms with E-state index in [0.29, 0.717) is 0 Å². The van der Waals surface area contributed by atoms with Gasteiger partial charge in [-0.3, -0.25) is 0 Å². The predicted octanol–water partition coefficient (Wildman–Crippen LogP) is 2.48. The van der Waals surface area contributed by atoms with E-state index in [4.69, 9.17) is 0 Å². The number of aliphatic hydroxyl groups is 1. The van der Waals surface area contributed by atoms with E-state index in [1.807, 2.05) is 0 Å². The highest BCUT2D eigenvalue weighted by Crippen LogP contribution is 2.40. The lowest BCUT2D eigenvalue weighted by Crippen LogP contribution is -2.30. The molecule has 0 aliphatic heterocycles. The first-order valence-corrected chi connectivity index (χ1v) is 5.01. The van der Waals surface area contributed by atoms with Gasteiger partial charge in [-0.2, -0.15) is 0 Å². The molecule has 64 valence electrons. The van der Waals surface area contributed by atoms with E-state index in [1.54, 1.807) is 0 Å². The number of hydrogen-bond acceptors (Lipinski definition) is 1. The third-order valence-electron chi connectivity index (χ3n) is 3.43. The molecule has 2 aliphatic carbocycles. The molecule has 0 aromatic carbocycles. The highest BCUT2D eigenvalue weighted by atomic mass is 16.3. The molecule has 0 heterocycles. The molecule has 2 rings (SSSR count). The summed E-state index contributed by atoms with van der Waals surface area (Å²) >= 11 is 0. The Morgan fingerprint density at radius 1 is 1.09 bits per heavy atom. The van der Waals surface area contributed by atoms with Gasteiger partial charge in [0.2, 0.25) is 0 Å². The monoisotopic (exact) mass is 154 g/mol. The Balaban J connectivity index is 1.82. The minimum absolute atomic E-state index is 0.231. The molecule has 0 bridgehead atoms. The average molecular weight is 154 g/mol. The van der Waals surface area contributed by atoms with E-state index in [2.05, 4.69) is 0 Å². The molecule has 0 unspecified atom stereocenters. The van der Waals surface area contributed by atoms with Crippen LogP contribution < -0.4 is 0 Å². The van der Waals surface area contributed by atoms with Gasteiger partial charge < -0.3 is 5.11 Å². The van der Waals surface area contributed by atoms with Crippen LogP contribution in [0.1, 0.15) is 51.4 Å². The topological polar surface area (TPSA) is 20.2 Å². The van der Waals surface area contributed by atoms with Gasteiger partial charge in [0.1, 0.15) is 0 Å². The molecule has 2 fully saturated rings. The van der Waals surface area contributed by atoms with Crippen LogP contribution in [-0.2, 0) is 0 Å². The maximum absolute atomic E-state index is 10.0. The van der Waals surface area contributed by atoms with Crippen LogP contribution in [0, 0.1) is 5.92 Å². The van der Waals surface area contributed by atoms with Gasteiger partial charge in [-0.15, -0.1) is 0 Å². The summed E-state index contributed by atoms with van der Waals surface area (Å²) in [7, 11) is 0. The molecule has 0 saturated heterocycles. The Kier molecular flexibility index (Phi) is 1.92. The van der Waals surface area contributed by atoms with Gasteiger partial charge in [-0.05, 0) is 25.2 Å². The molecule has 1 heteroatoms. The van der Waals surface area contributed by atoms with Crippen molar-refractivity contribution in [2.24, 2.45) is 5.92 Å². The molecule has 0 aromatic rings. The Morgan fingerprint density at radius 3 is 2.18 bits per heavy atom. The van der Waals surface area contributed by atoms with Crippen LogP contribution in [0.15, 0.2) is 0 Å². The molecule has 0 amide bonds. The van der Waals surface area contributed by atoms with Crippen molar-refractivity contribution in [3.05, 3.63) is 0 Å². The highest BCUT2D eigenvalue weighted by molar-refractivity contribution is 4.88. The molecular formula is C10H18O. The SMILES string of the molecule is OC1(CC2CCC2)CCCC1. The molecule has 2 aliphatic rings. The molecule has 0 spiro atoms. The second-order valence-corrected chi connectivity index (χ2v) is 4.43. The third-order valence-corrected chi connectivity index (χ3v) is 3.43. The second kappa shape index (κ2) is 2.78. The van der Waals surface area contributed by atoms with Crippen molar-refractivity contribution in [1.82, 2.24) is 0 Å². The zero-order valence-electron chi connectivity index (χ0n) is 7.18. The van der Waals surface area contributed by atoms with E-state index >= 15 is 0 Å². The largest absolute Gasteiger partial charge is 0.390 e. The third kappa shape index (κ3) is 1.58. The van der Waals surface area contributed by atoms with Gasteiger partial charge in [0.25, 0.3) is 0 Å². The summed E-state index contributed by atoms with van der Waals surface area (Å²) < 4.78 is 0. The van der Waals surface area contributed by atoms with Gasteiger partial charge in [-0.1, -0.05) is 32.1 Å². The van der Waals surface area contributed by atoms with Crippen LogP contribution in [-0.4, -0.2) is 10.7 Å². The van der Waals surface area contributed by atoms with Crippen molar-refractivity contribution in [1.29, 1.82) is 0 Å². The Labute approximate surface area is 68.8 Å². The molecule has 1 N–H and O–H groups in total. The van der Waals surface area contributed by atoms with E-state index in [1.165, 1.54) is 32.1 Å². The van der Waals surface area contributed by atoms with Crippen molar-refractivity contribution in [3.8, 4) is 0 Å². The highest BCUT2D eigenvalue weighted by Gasteiger charge is 2.35. The van der Waals surface area contributed by atoms with Crippen molar-refractivity contribution in [2.45, 2.75) is 57.0 Å². The van der Waals surface area contributed by atoms with Crippen LogP contribution in [0.5, 0.6) is 0 Å². The van der Waals surface area contributed by atoms with Crippen LogP contribution >= 0.6 is 0 Å².